The van der Waals surface area contributed by atoms with Crippen LogP contribution in [-0.2, 0) is 16.0 Å². The molecule has 0 saturated carbocycles. The zero-order valence-electron chi connectivity index (χ0n) is 11.2. The van der Waals surface area contributed by atoms with Gasteiger partial charge in [-0.25, -0.2) is 4.79 Å². The summed E-state index contributed by atoms with van der Waals surface area (Å²) in [6.45, 7) is 2.35. The van der Waals surface area contributed by atoms with Crippen molar-refractivity contribution in [2.45, 2.75) is 19.4 Å². The second-order valence-electron chi connectivity index (χ2n) is 4.74. The van der Waals surface area contributed by atoms with Crippen molar-refractivity contribution in [2.24, 2.45) is 0 Å². The Morgan fingerprint density at radius 3 is 2.74 bits per heavy atom. The van der Waals surface area contributed by atoms with Crippen molar-refractivity contribution in [3.8, 4) is 0 Å². The van der Waals surface area contributed by atoms with Crippen LogP contribution in [0.25, 0.3) is 0 Å². The van der Waals surface area contributed by atoms with Gasteiger partial charge in [0.2, 0.25) is 5.91 Å². The second kappa shape index (κ2) is 5.30. The molecular weight excluding hydrogens is 244 g/mol. The van der Waals surface area contributed by atoms with E-state index in [4.69, 9.17) is 0 Å². The van der Waals surface area contributed by atoms with E-state index in [9.17, 15) is 14.7 Å². The molecule has 1 aromatic carbocycles. The third-order valence-electron chi connectivity index (χ3n) is 3.52. The highest BCUT2D eigenvalue weighted by atomic mass is 16.4. The number of carboxylic acid groups (broad SMARTS) is 1. The summed E-state index contributed by atoms with van der Waals surface area (Å²) in [6, 6.07) is 6.96. The number of rotatable bonds is 3. The zero-order valence-corrected chi connectivity index (χ0v) is 11.2. The molecule has 1 heterocycles. The lowest BCUT2D eigenvalue weighted by Gasteiger charge is -2.39. The molecule has 1 aromatic rings. The van der Waals surface area contributed by atoms with E-state index in [-0.39, 0.29) is 19.0 Å². The van der Waals surface area contributed by atoms with Crippen LogP contribution in [0.5, 0.6) is 0 Å². The molecule has 0 radical (unpaired) electrons. The molecule has 19 heavy (non-hydrogen) atoms. The predicted molar refractivity (Wildman–Crippen MR) is 72.2 cm³/mol. The minimum atomic E-state index is -0.898. The fraction of sp³-hybridized carbons (Fsp3) is 0.429. The van der Waals surface area contributed by atoms with Crippen molar-refractivity contribution >= 4 is 17.6 Å². The SMILES string of the molecule is CCc1ccccc1N1CC(=O)N(C)CC1C(=O)O. The van der Waals surface area contributed by atoms with Gasteiger partial charge in [-0.05, 0) is 18.1 Å². The third kappa shape index (κ3) is 2.54. The molecule has 0 aliphatic carbocycles. The van der Waals surface area contributed by atoms with Crippen molar-refractivity contribution in [3.63, 3.8) is 0 Å². The summed E-state index contributed by atoms with van der Waals surface area (Å²) >= 11 is 0. The normalized spacial score (nSPS) is 19.7. The van der Waals surface area contributed by atoms with Crippen molar-refractivity contribution in [1.29, 1.82) is 0 Å². The van der Waals surface area contributed by atoms with Gasteiger partial charge in [0, 0.05) is 12.7 Å². The monoisotopic (exact) mass is 262 g/mol. The number of hydrogen-bond acceptors (Lipinski definition) is 3. The third-order valence-corrected chi connectivity index (χ3v) is 3.52. The molecule has 1 amide bonds. The van der Waals surface area contributed by atoms with E-state index in [1.54, 1.807) is 11.9 Å². The van der Waals surface area contributed by atoms with E-state index < -0.39 is 12.0 Å². The number of benzene rings is 1. The zero-order chi connectivity index (χ0) is 14.0. The van der Waals surface area contributed by atoms with Crippen LogP contribution in [0, 0.1) is 0 Å². The lowest BCUT2D eigenvalue weighted by Crippen LogP contribution is -2.58. The quantitative estimate of drug-likeness (QED) is 0.882. The summed E-state index contributed by atoms with van der Waals surface area (Å²) in [5, 5.41) is 9.36. The van der Waals surface area contributed by atoms with E-state index in [1.807, 2.05) is 31.2 Å². The molecule has 1 unspecified atom stereocenters. The predicted octanol–water partition coefficient (Wildman–Crippen LogP) is 0.981. The van der Waals surface area contributed by atoms with Gasteiger partial charge in [0.15, 0.2) is 0 Å². The summed E-state index contributed by atoms with van der Waals surface area (Å²) in [6.07, 6.45) is 0.809. The number of hydrogen-bond donors (Lipinski definition) is 1. The van der Waals surface area contributed by atoms with E-state index in [1.165, 1.54) is 4.90 Å². The molecule has 5 nitrogen and oxygen atoms in total. The van der Waals surface area contributed by atoms with Gasteiger partial charge in [-0.15, -0.1) is 0 Å². The molecule has 1 aliphatic rings. The summed E-state index contributed by atoms with van der Waals surface area (Å²) in [5.74, 6) is -0.950. The van der Waals surface area contributed by atoms with E-state index in [2.05, 4.69) is 0 Å². The largest absolute Gasteiger partial charge is 0.480 e. The topological polar surface area (TPSA) is 60.9 Å². The number of aryl methyl sites for hydroxylation is 1. The minimum Gasteiger partial charge on any atom is -0.480 e. The Hall–Kier alpha value is -2.04. The summed E-state index contributed by atoms with van der Waals surface area (Å²) in [5.41, 5.74) is 1.91. The number of aliphatic carboxylic acids is 1. The van der Waals surface area contributed by atoms with Crippen LogP contribution < -0.4 is 4.90 Å². The molecule has 0 aromatic heterocycles. The first-order chi connectivity index (χ1) is 9.04. The molecule has 1 saturated heterocycles. The number of amides is 1. The standard InChI is InChI=1S/C14H18N2O3/c1-3-10-6-4-5-7-11(10)16-9-13(17)15(2)8-12(16)14(18)19/h4-7,12H,3,8-9H2,1-2H3,(H,18,19). The number of piperazine rings is 1. The highest BCUT2D eigenvalue weighted by Crippen LogP contribution is 2.25. The fourth-order valence-electron chi connectivity index (χ4n) is 2.39. The number of nitrogens with zero attached hydrogens (tertiary/aromatic N) is 2. The van der Waals surface area contributed by atoms with Crippen molar-refractivity contribution < 1.29 is 14.7 Å². The minimum absolute atomic E-state index is 0.0524. The highest BCUT2D eigenvalue weighted by Gasteiger charge is 2.35. The number of para-hydroxylation sites is 1. The Labute approximate surface area is 112 Å². The molecule has 1 atom stereocenters. The summed E-state index contributed by atoms with van der Waals surface area (Å²) in [7, 11) is 1.64. The first-order valence-corrected chi connectivity index (χ1v) is 6.36. The Bertz CT molecular complexity index is 501. The average molecular weight is 262 g/mol. The molecule has 2 rings (SSSR count). The number of likely N-dealkylation sites (N-methyl/N-ethyl adjacent to an activating group) is 1. The van der Waals surface area contributed by atoms with Crippen LogP contribution in [0.1, 0.15) is 12.5 Å². The molecular formula is C14H18N2O3. The second-order valence-corrected chi connectivity index (χ2v) is 4.74. The number of anilines is 1. The van der Waals surface area contributed by atoms with Crippen molar-refractivity contribution in [3.05, 3.63) is 29.8 Å². The highest BCUT2D eigenvalue weighted by molar-refractivity contribution is 5.89. The molecule has 5 heteroatoms. The fourth-order valence-corrected chi connectivity index (χ4v) is 2.39. The number of carbonyl (C=O) groups is 2. The van der Waals surface area contributed by atoms with Gasteiger partial charge in [0.05, 0.1) is 13.1 Å². The maximum Gasteiger partial charge on any atom is 0.328 e. The van der Waals surface area contributed by atoms with Crippen LogP contribution in [-0.4, -0.2) is 48.1 Å². The van der Waals surface area contributed by atoms with Crippen LogP contribution >= 0.6 is 0 Å². The van der Waals surface area contributed by atoms with Gasteiger partial charge in [0.25, 0.3) is 0 Å². The molecule has 1 fully saturated rings. The smallest absolute Gasteiger partial charge is 0.328 e. The summed E-state index contributed by atoms with van der Waals surface area (Å²) < 4.78 is 0. The molecule has 0 bridgehead atoms. The van der Waals surface area contributed by atoms with Crippen LogP contribution in [0.4, 0.5) is 5.69 Å². The van der Waals surface area contributed by atoms with Crippen LogP contribution in [0.15, 0.2) is 24.3 Å². The Morgan fingerprint density at radius 2 is 2.11 bits per heavy atom. The van der Waals surface area contributed by atoms with Gasteiger partial charge in [-0.2, -0.15) is 0 Å². The number of carboxylic acids is 1. The van der Waals surface area contributed by atoms with E-state index in [0.717, 1.165) is 17.7 Å². The number of carbonyl (C=O) groups excluding carboxylic acids is 1. The Balaban J connectivity index is 2.39. The van der Waals surface area contributed by atoms with Crippen LogP contribution in [0.3, 0.4) is 0 Å². The lowest BCUT2D eigenvalue weighted by molar-refractivity contribution is -0.141. The molecule has 1 aliphatic heterocycles. The van der Waals surface area contributed by atoms with Gasteiger partial charge >= 0.3 is 5.97 Å². The Morgan fingerprint density at radius 1 is 1.42 bits per heavy atom. The van der Waals surface area contributed by atoms with Crippen molar-refractivity contribution in [1.82, 2.24) is 4.90 Å². The van der Waals surface area contributed by atoms with Gasteiger partial charge in [-0.3, -0.25) is 4.79 Å². The maximum atomic E-state index is 11.8. The van der Waals surface area contributed by atoms with Crippen LogP contribution in [0.2, 0.25) is 0 Å². The van der Waals surface area contributed by atoms with Crippen molar-refractivity contribution in [2.75, 3.05) is 25.0 Å². The van der Waals surface area contributed by atoms with Gasteiger partial charge in [0.1, 0.15) is 6.04 Å². The first-order valence-electron chi connectivity index (χ1n) is 6.36. The van der Waals surface area contributed by atoms with Gasteiger partial charge in [-0.1, -0.05) is 25.1 Å². The molecule has 0 spiro atoms. The van der Waals surface area contributed by atoms with Gasteiger partial charge < -0.3 is 14.9 Å². The summed E-state index contributed by atoms with van der Waals surface area (Å²) in [4.78, 5) is 26.4. The molecule has 1 N–H and O–H groups in total. The maximum absolute atomic E-state index is 11.8. The average Bonchev–Trinajstić information content (AvgIpc) is 2.41. The first kappa shape index (κ1) is 13.4. The van der Waals surface area contributed by atoms with E-state index in [0.29, 0.717) is 0 Å². The van der Waals surface area contributed by atoms with E-state index >= 15 is 0 Å². The Kier molecular flexibility index (Phi) is 3.74. The molecule has 102 valence electrons. The lowest BCUT2D eigenvalue weighted by atomic mass is 10.1.